The summed E-state index contributed by atoms with van der Waals surface area (Å²) in [5.41, 5.74) is 6.28. The predicted octanol–water partition coefficient (Wildman–Crippen LogP) is 0.886. The Kier molecular flexibility index (Phi) is 4.17. The molecule has 90 valence electrons. The number of carbonyl (C=O) groups excluding carboxylic acids is 1. The SMILES string of the molecule is NCOB[C@H]1CCC(=O)N(c2ccccc2)C1. The van der Waals surface area contributed by atoms with E-state index in [2.05, 4.69) is 0 Å². The van der Waals surface area contributed by atoms with E-state index in [1.165, 1.54) is 0 Å². The van der Waals surface area contributed by atoms with Crippen LogP contribution in [0.15, 0.2) is 30.3 Å². The molecule has 1 aliphatic heterocycles. The highest BCUT2D eigenvalue weighted by Gasteiger charge is 2.27. The third kappa shape index (κ3) is 3.08. The fourth-order valence-electron chi connectivity index (χ4n) is 2.14. The molecule has 0 bridgehead atoms. The van der Waals surface area contributed by atoms with Crippen LogP contribution in [0, 0.1) is 0 Å². The predicted molar refractivity (Wildman–Crippen MR) is 69.1 cm³/mol. The summed E-state index contributed by atoms with van der Waals surface area (Å²) in [7, 11) is 0.632. The van der Waals surface area contributed by atoms with E-state index in [0.29, 0.717) is 19.7 Å². The van der Waals surface area contributed by atoms with Crippen LogP contribution in [0.5, 0.6) is 0 Å². The largest absolute Gasteiger partial charge is 0.427 e. The van der Waals surface area contributed by atoms with E-state index in [4.69, 9.17) is 10.4 Å². The number of anilines is 1. The summed E-state index contributed by atoms with van der Waals surface area (Å²) in [5, 5.41) is 0. The first-order chi connectivity index (χ1) is 8.31. The van der Waals surface area contributed by atoms with Crippen molar-refractivity contribution in [1.82, 2.24) is 0 Å². The van der Waals surface area contributed by atoms with E-state index >= 15 is 0 Å². The van der Waals surface area contributed by atoms with Gasteiger partial charge in [0.25, 0.3) is 7.48 Å². The number of piperidine rings is 1. The number of nitrogens with zero attached hydrogens (tertiary/aromatic N) is 1. The second kappa shape index (κ2) is 5.84. The van der Waals surface area contributed by atoms with Gasteiger partial charge in [0, 0.05) is 18.7 Å². The van der Waals surface area contributed by atoms with Gasteiger partial charge in [-0.1, -0.05) is 18.2 Å². The van der Waals surface area contributed by atoms with Crippen LogP contribution >= 0.6 is 0 Å². The second-order valence-corrected chi connectivity index (χ2v) is 4.28. The Labute approximate surface area is 102 Å². The van der Waals surface area contributed by atoms with Gasteiger partial charge in [0.2, 0.25) is 5.91 Å². The summed E-state index contributed by atoms with van der Waals surface area (Å²) in [6.45, 7) is 0.971. The minimum atomic E-state index is 0.195. The van der Waals surface area contributed by atoms with Crippen molar-refractivity contribution < 1.29 is 9.45 Å². The van der Waals surface area contributed by atoms with Gasteiger partial charge >= 0.3 is 0 Å². The first kappa shape index (κ1) is 12.1. The molecule has 0 spiro atoms. The van der Waals surface area contributed by atoms with Gasteiger partial charge in [0.15, 0.2) is 0 Å². The summed E-state index contributed by atoms with van der Waals surface area (Å²) in [6, 6.07) is 9.77. The Morgan fingerprint density at radius 1 is 1.41 bits per heavy atom. The highest BCUT2D eigenvalue weighted by molar-refractivity contribution is 6.30. The summed E-state index contributed by atoms with van der Waals surface area (Å²) in [4.78, 5) is 13.7. The Bertz CT molecular complexity index is 372. The first-order valence-corrected chi connectivity index (χ1v) is 5.94. The van der Waals surface area contributed by atoms with E-state index < -0.39 is 0 Å². The van der Waals surface area contributed by atoms with Crippen LogP contribution in [0.1, 0.15) is 12.8 Å². The van der Waals surface area contributed by atoms with Crippen molar-refractivity contribution in [2.45, 2.75) is 18.7 Å². The molecule has 0 unspecified atom stereocenters. The molecule has 1 saturated heterocycles. The van der Waals surface area contributed by atoms with E-state index in [-0.39, 0.29) is 12.6 Å². The molecule has 0 radical (unpaired) electrons. The minimum absolute atomic E-state index is 0.195. The highest BCUT2D eigenvalue weighted by atomic mass is 16.4. The zero-order chi connectivity index (χ0) is 12.1. The van der Waals surface area contributed by atoms with Crippen molar-refractivity contribution in [3.8, 4) is 0 Å². The lowest BCUT2D eigenvalue weighted by Crippen LogP contribution is -2.40. The van der Waals surface area contributed by atoms with Crippen molar-refractivity contribution in [2.75, 3.05) is 18.2 Å². The average Bonchev–Trinajstić information content (AvgIpc) is 2.39. The number of amides is 1. The van der Waals surface area contributed by atoms with E-state index in [1.807, 2.05) is 35.2 Å². The molecule has 1 aromatic rings. The Morgan fingerprint density at radius 2 is 2.18 bits per heavy atom. The van der Waals surface area contributed by atoms with Crippen LogP contribution in [0.25, 0.3) is 0 Å². The Balaban J connectivity index is 2.02. The summed E-state index contributed by atoms with van der Waals surface area (Å²) in [6.07, 6.45) is 1.48. The fraction of sp³-hybridized carbons (Fsp3) is 0.417. The molecule has 4 nitrogen and oxygen atoms in total. The molecule has 1 atom stereocenters. The maximum absolute atomic E-state index is 11.9. The van der Waals surface area contributed by atoms with Gasteiger partial charge in [-0.05, 0) is 24.4 Å². The quantitative estimate of drug-likeness (QED) is 0.619. The third-order valence-electron chi connectivity index (χ3n) is 3.05. The van der Waals surface area contributed by atoms with Gasteiger partial charge in [-0.25, -0.2) is 0 Å². The number of para-hydroxylation sites is 1. The second-order valence-electron chi connectivity index (χ2n) is 4.28. The lowest BCUT2D eigenvalue weighted by Gasteiger charge is -2.32. The standard InChI is InChI=1S/C12H17BN2O2/c14-9-17-13-10-6-7-12(16)15(8-10)11-4-2-1-3-5-11/h1-5,10,13H,6-9,14H2/t10-/m0/s1. The molecule has 1 amide bonds. The van der Waals surface area contributed by atoms with Crippen molar-refractivity contribution in [3.05, 3.63) is 30.3 Å². The number of nitrogens with two attached hydrogens (primary N) is 1. The van der Waals surface area contributed by atoms with E-state index in [1.54, 1.807) is 0 Å². The van der Waals surface area contributed by atoms with Gasteiger partial charge in [-0.2, -0.15) is 0 Å². The fourth-order valence-corrected chi connectivity index (χ4v) is 2.14. The van der Waals surface area contributed by atoms with Crippen LogP contribution in [0.4, 0.5) is 5.69 Å². The maximum Gasteiger partial charge on any atom is 0.281 e. The normalized spacial score (nSPS) is 20.4. The van der Waals surface area contributed by atoms with Crippen LogP contribution < -0.4 is 10.6 Å². The summed E-state index contributed by atoms with van der Waals surface area (Å²) < 4.78 is 5.23. The number of rotatable bonds is 4. The molecule has 1 heterocycles. The highest BCUT2D eigenvalue weighted by Crippen LogP contribution is 2.26. The van der Waals surface area contributed by atoms with Crippen molar-refractivity contribution in [1.29, 1.82) is 0 Å². The molecule has 0 aliphatic carbocycles. The van der Waals surface area contributed by atoms with Crippen molar-refractivity contribution >= 4 is 19.1 Å². The molecule has 0 saturated carbocycles. The number of carbonyl (C=O) groups is 1. The van der Waals surface area contributed by atoms with Gasteiger partial charge < -0.3 is 15.3 Å². The van der Waals surface area contributed by atoms with Crippen LogP contribution in [0.2, 0.25) is 5.82 Å². The molecular weight excluding hydrogens is 215 g/mol. The third-order valence-corrected chi connectivity index (χ3v) is 3.05. The van der Waals surface area contributed by atoms with Crippen LogP contribution in [-0.2, 0) is 9.45 Å². The smallest absolute Gasteiger partial charge is 0.281 e. The molecule has 5 heteroatoms. The molecule has 1 aliphatic rings. The molecule has 1 aromatic carbocycles. The molecule has 1 fully saturated rings. The van der Waals surface area contributed by atoms with Crippen molar-refractivity contribution in [2.24, 2.45) is 5.73 Å². The first-order valence-electron chi connectivity index (χ1n) is 5.94. The monoisotopic (exact) mass is 232 g/mol. The zero-order valence-electron chi connectivity index (χ0n) is 9.84. The van der Waals surface area contributed by atoms with Gasteiger partial charge in [0.05, 0.1) is 6.73 Å². The zero-order valence-corrected chi connectivity index (χ0v) is 9.84. The van der Waals surface area contributed by atoms with Gasteiger partial charge in [0.1, 0.15) is 0 Å². The van der Waals surface area contributed by atoms with Crippen molar-refractivity contribution in [3.63, 3.8) is 0 Å². The van der Waals surface area contributed by atoms with Crippen LogP contribution in [-0.4, -0.2) is 26.7 Å². The molecule has 2 rings (SSSR count). The Hall–Kier alpha value is -1.33. The minimum Gasteiger partial charge on any atom is -0.427 e. The molecule has 0 aromatic heterocycles. The van der Waals surface area contributed by atoms with Crippen LogP contribution in [0.3, 0.4) is 0 Å². The topological polar surface area (TPSA) is 55.6 Å². The summed E-state index contributed by atoms with van der Waals surface area (Å²) >= 11 is 0. The van der Waals surface area contributed by atoms with Gasteiger partial charge in [-0.3, -0.25) is 4.79 Å². The number of hydrogen-bond donors (Lipinski definition) is 1. The average molecular weight is 232 g/mol. The number of hydrogen-bond acceptors (Lipinski definition) is 3. The lowest BCUT2D eigenvalue weighted by molar-refractivity contribution is -0.119. The number of benzene rings is 1. The lowest BCUT2D eigenvalue weighted by atomic mass is 9.74. The Morgan fingerprint density at radius 3 is 2.88 bits per heavy atom. The van der Waals surface area contributed by atoms with E-state index in [9.17, 15) is 4.79 Å². The molecular formula is C12H17BN2O2. The maximum atomic E-state index is 11.9. The molecule has 17 heavy (non-hydrogen) atoms. The van der Waals surface area contributed by atoms with Gasteiger partial charge in [-0.15, -0.1) is 0 Å². The summed E-state index contributed by atoms with van der Waals surface area (Å²) in [5.74, 6) is 0.580. The molecule has 2 N–H and O–H groups in total. The van der Waals surface area contributed by atoms with E-state index in [0.717, 1.165) is 18.7 Å².